The number of hydrogen-bond donors (Lipinski definition) is 0. The van der Waals surface area contributed by atoms with E-state index in [0.717, 1.165) is 10.4 Å². The van der Waals surface area contributed by atoms with Crippen LogP contribution >= 0.6 is 11.3 Å². The van der Waals surface area contributed by atoms with Crippen molar-refractivity contribution in [3.8, 4) is 0 Å². The molecule has 140 valence electrons. The predicted molar refractivity (Wildman–Crippen MR) is 113 cm³/mol. The Bertz CT molecular complexity index is 1010. The van der Waals surface area contributed by atoms with E-state index in [2.05, 4.69) is 0 Å². The van der Waals surface area contributed by atoms with Crippen LogP contribution in [0.15, 0.2) is 83.9 Å². The molecule has 1 aliphatic heterocycles. The normalized spacial score (nSPS) is 14.1. The van der Waals surface area contributed by atoms with Crippen LogP contribution < -0.4 is 4.90 Å². The molecule has 2 heterocycles. The molecule has 4 nitrogen and oxygen atoms in total. The number of thiophene rings is 1. The van der Waals surface area contributed by atoms with E-state index in [-0.39, 0.29) is 11.8 Å². The minimum absolute atomic E-state index is 0.264. The zero-order valence-corrected chi connectivity index (χ0v) is 16.4. The molecule has 1 aromatic heterocycles. The molecule has 0 bridgehead atoms. The molecule has 3 aromatic rings. The van der Waals surface area contributed by atoms with E-state index in [0.29, 0.717) is 30.0 Å². The van der Waals surface area contributed by atoms with Crippen LogP contribution in [0, 0.1) is 0 Å². The second-order valence-corrected chi connectivity index (χ2v) is 7.43. The molecule has 0 spiro atoms. The highest BCUT2D eigenvalue weighted by Crippen LogP contribution is 2.36. The van der Waals surface area contributed by atoms with E-state index < -0.39 is 0 Å². The Morgan fingerprint density at radius 2 is 1.54 bits per heavy atom. The van der Waals surface area contributed by atoms with Crippen molar-refractivity contribution >= 4 is 34.4 Å². The van der Waals surface area contributed by atoms with Crippen LogP contribution in [0.4, 0.5) is 5.69 Å². The second kappa shape index (κ2) is 7.82. The zero-order chi connectivity index (χ0) is 19.5. The van der Waals surface area contributed by atoms with Gasteiger partial charge >= 0.3 is 0 Å². The van der Waals surface area contributed by atoms with E-state index >= 15 is 0 Å². The van der Waals surface area contributed by atoms with Crippen LogP contribution in [0.25, 0.3) is 5.57 Å². The first-order valence-electron chi connectivity index (χ1n) is 9.21. The van der Waals surface area contributed by atoms with Crippen molar-refractivity contribution in [2.45, 2.75) is 13.5 Å². The number of amides is 2. The van der Waals surface area contributed by atoms with Gasteiger partial charge in [-0.25, -0.2) is 4.90 Å². The molecule has 28 heavy (non-hydrogen) atoms. The molecule has 1 aliphatic rings. The SMILES string of the molecule is CCN(Cc1ccccc1)C1=C(c2cccs2)C(=O)N(c2ccccc2)C1=O. The third-order valence-corrected chi connectivity index (χ3v) is 5.64. The Morgan fingerprint density at radius 3 is 2.14 bits per heavy atom. The fraction of sp³-hybridized carbons (Fsp3) is 0.130. The number of para-hydroxylation sites is 1. The van der Waals surface area contributed by atoms with Crippen LogP contribution in [0.1, 0.15) is 17.4 Å². The maximum absolute atomic E-state index is 13.4. The third kappa shape index (κ3) is 3.25. The molecule has 2 aromatic carbocycles. The molecule has 0 saturated heterocycles. The Kier molecular flexibility index (Phi) is 5.08. The number of rotatable bonds is 6. The quantitative estimate of drug-likeness (QED) is 0.582. The summed E-state index contributed by atoms with van der Waals surface area (Å²) in [5.74, 6) is -0.530. The van der Waals surface area contributed by atoms with Gasteiger partial charge in [-0.3, -0.25) is 9.59 Å². The topological polar surface area (TPSA) is 40.6 Å². The first-order valence-corrected chi connectivity index (χ1v) is 10.1. The number of carbonyl (C=O) groups excluding carboxylic acids is 2. The maximum atomic E-state index is 13.4. The number of likely N-dealkylation sites (N-methyl/N-ethyl adjacent to an activating group) is 1. The van der Waals surface area contributed by atoms with Gasteiger partial charge in [-0.2, -0.15) is 0 Å². The average Bonchev–Trinajstić information content (AvgIpc) is 3.34. The summed E-state index contributed by atoms with van der Waals surface area (Å²) in [6, 6.07) is 22.9. The highest BCUT2D eigenvalue weighted by atomic mass is 32.1. The molecule has 0 N–H and O–H groups in total. The van der Waals surface area contributed by atoms with E-state index in [9.17, 15) is 9.59 Å². The van der Waals surface area contributed by atoms with Crippen molar-refractivity contribution in [1.82, 2.24) is 4.90 Å². The highest BCUT2D eigenvalue weighted by molar-refractivity contribution is 7.11. The molecule has 0 atom stereocenters. The Balaban J connectivity index is 1.80. The fourth-order valence-electron chi connectivity index (χ4n) is 3.42. The van der Waals surface area contributed by atoms with E-state index in [4.69, 9.17) is 0 Å². The van der Waals surface area contributed by atoms with Crippen molar-refractivity contribution in [1.29, 1.82) is 0 Å². The van der Waals surface area contributed by atoms with Gasteiger partial charge in [0.05, 0.1) is 11.3 Å². The standard InChI is InChI=1S/C23H20N2O2S/c1-2-24(16-17-10-5-3-6-11-17)21-20(19-14-9-15-28-19)22(26)25(23(21)27)18-12-7-4-8-13-18/h3-15H,2,16H2,1H3. The summed E-state index contributed by atoms with van der Waals surface area (Å²) in [4.78, 5) is 30.8. The highest BCUT2D eigenvalue weighted by Gasteiger charge is 2.42. The van der Waals surface area contributed by atoms with Gasteiger partial charge in [-0.05, 0) is 36.1 Å². The Morgan fingerprint density at radius 1 is 0.857 bits per heavy atom. The van der Waals surface area contributed by atoms with Gasteiger partial charge in [0.2, 0.25) is 0 Å². The van der Waals surface area contributed by atoms with Crippen LogP contribution in [0.3, 0.4) is 0 Å². The van der Waals surface area contributed by atoms with Crippen molar-refractivity contribution in [3.05, 3.63) is 94.3 Å². The minimum Gasteiger partial charge on any atom is -0.362 e. The van der Waals surface area contributed by atoms with Crippen LogP contribution in [0.5, 0.6) is 0 Å². The van der Waals surface area contributed by atoms with Gasteiger partial charge in [0.25, 0.3) is 11.8 Å². The molecule has 2 amide bonds. The lowest BCUT2D eigenvalue weighted by Crippen LogP contribution is -2.35. The molecule has 4 rings (SSSR count). The summed E-state index contributed by atoms with van der Waals surface area (Å²) in [5, 5.41) is 1.93. The fourth-order valence-corrected chi connectivity index (χ4v) is 4.18. The molecule has 0 saturated carbocycles. The lowest BCUT2D eigenvalue weighted by Gasteiger charge is -2.24. The minimum atomic E-state index is -0.266. The number of benzene rings is 2. The van der Waals surface area contributed by atoms with E-state index in [1.54, 1.807) is 12.1 Å². The number of imide groups is 1. The van der Waals surface area contributed by atoms with Crippen LogP contribution in [-0.2, 0) is 16.1 Å². The number of hydrogen-bond acceptors (Lipinski definition) is 4. The van der Waals surface area contributed by atoms with Gasteiger partial charge in [-0.1, -0.05) is 54.6 Å². The molecule has 5 heteroatoms. The van der Waals surface area contributed by atoms with E-state index in [1.165, 1.54) is 16.2 Å². The molecular weight excluding hydrogens is 368 g/mol. The lowest BCUT2D eigenvalue weighted by molar-refractivity contribution is -0.120. The smallest absolute Gasteiger partial charge is 0.282 e. The lowest BCUT2D eigenvalue weighted by atomic mass is 10.1. The molecule has 0 fully saturated rings. The van der Waals surface area contributed by atoms with Crippen molar-refractivity contribution in [2.75, 3.05) is 11.4 Å². The number of carbonyl (C=O) groups is 2. The van der Waals surface area contributed by atoms with Gasteiger partial charge in [-0.15, -0.1) is 11.3 Å². The first-order chi connectivity index (χ1) is 13.7. The Hall–Kier alpha value is -3.18. The van der Waals surface area contributed by atoms with Gasteiger partial charge in [0, 0.05) is 18.0 Å². The summed E-state index contributed by atoms with van der Waals surface area (Å²) >= 11 is 1.48. The first kappa shape index (κ1) is 18.2. The third-order valence-electron chi connectivity index (χ3n) is 4.76. The monoisotopic (exact) mass is 388 g/mol. The summed E-state index contributed by atoms with van der Waals surface area (Å²) in [5.41, 5.74) is 2.66. The zero-order valence-electron chi connectivity index (χ0n) is 15.5. The summed E-state index contributed by atoms with van der Waals surface area (Å²) in [6.07, 6.45) is 0. The Labute approximate surface area is 168 Å². The van der Waals surface area contributed by atoms with Crippen molar-refractivity contribution < 1.29 is 9.59 Å². The number of nitrogens with zero attached hydrogens (tertiary/aromatic N) is 2. The average molecular weight is 388 g/mol. The molecule has 0 aliphatic carbocycles. The largest absolute Gasteiger partial charge is 0.362 e. The maximum Gasteiger partial charge on any atom is 0.282 e. The summed E-state index contributed by atoms with van der Waals surface area (Å²) < 4.78 is 0. The van der Waals surface area contributed by atoms with E-state index in [1.807, 2.05) is 77.9 Å². The van der Waals surface area contributed by atoms with Crippen LogP contribution in [0.2, 0.25) is 0 Å². The summed E-state index contributed by atoms with van der Waals surface area (Å²) in [7, 11) is 0. The predicted octanol–water partition coefficient (Wildman–Crippen LogP) is 4.55. The number of anilines is 1. The molecular formula is C23H20N2O2S. The summed E-state index contributed by atoms with van der Waals surface area (Å²) in [6.45, 7) is 3.20. The van der Waals surface area contributed by atoms with Gasteiger partial charge in [0.1, 0.15) is 5.70 Å². The van der Waals surface area contributed by atoms with Crippen molar-refractivity contribution in [2.24, 2.45) is 0 Å². The second-order valence-electron chi connectivity index (χ2n) is 6.48. The molecule has 0 unspecified atom stereocenters. The van der Waals surface area contributed by atoms with Crippen LogP contribution in [-0.4, -0.2) is 23.3 Å². The van der Waals surface area contributed by atoms with Gasteiger partial charge < -0.3 is 4.90 Å². The molecule has 0 radical (unpaired) electrons. The van der Waals surface area contributed by atoms with Crippen molar-refractivity contribution in [3.63, 3.8) is 0 Å². The van der Waals surface area contributed by atoms with Gasteiger partial charge in [0.15, 0.2) is 0 Å².